The molecule has 1 aromatic heterocycles. The molecule has 3 rings (SSSR count). The van der Waals surface area contributed by atoms with Gasteiger partial charge in [-0.05, 0) is 25.1 Å². The molecule has 0 aliphatic carbocycles. The SMILES string of the molecule is Cc1cc(NC(=O)c2cccc([N+](=O)[O-])c2)nn1Cc1c(F)cccc1Cl. The van der Waals surface area contributed by atoms with Gasteiger partial charge in [-0.15, -0.1) is 0 Å². The van der Waals surface area contributed by atoms with E-state index in [1.54, 1.807) is 19.1 Å². The number of aromatic nitrogens is 2. The van der Waals surface area contributed by atoms with Gasteiger partial charge in [-0.1, -0.05) is 23.7 Å². The molecule has 9 heteroatoms. The van der Waals surface area contributed by atoms with E-state index in [1.807, 2.05) is 0 Å². The summed E-state index contributed by atoms with van der Waals surface area (Å²) < 4.78 is 15.5. The summed E-state index contributed by atoms with van der Waals surface area (Å²) in [6.07, 6.45) is 0. The molecule has 0 bridgehead atoms. The van der Waals surface area contributed by atoms with Crippen molar-refractivity contribution >= 4 is 29.0 Å². The van der Waals surface area contributed by atoms with Crippen LogP contribution in [0.4, 0.5) is 15.9 Å². The average Bonchev–Trinajstić information content (AvgIpc) is 2.97. The van der Waals surface area contributed by atoms with Crippen molar-refractivity contribution in [3.63, 3.8) is 0 Å². The summed E-state index contributed by atoms with van der Waals surface area (Å²) in [4.78, 5) is 22.6. The number of aryl methyl sites for hydroxylation is 1. The van der Waals surface area contributed by atoms with Crippen LogP contribution in [0.2, 0.25) is 5.02 Å². The van der Waals surface area contributed by atoms with Gasteiger partial charge in [0.2, 0.25) is 0 Å². The molecule has 138 valence electrons. The number of hydrogen-bond acceptors (Lipinski definition) is 4. The van der Waals surface area contributed by atoms with E-state index in [2.05, 4.69) is 10.4 Å². The molecule has 0 unspecified atom stereocenters. The van der Waals surface area contributed by atoms with Crippen molar-refractivity contribution in [3.05, 3.63) is 86.3 Å². The highest BCUT2D eigenvalue weighted by molar-refractivity contribution is 6.31. The molecule has 0 aliphatic heterocycles. The number of nitrogens with zero attached hydrogens (tertiary/aromatic N) is 3. The van der Waals surface area contributed by atoms with Gasteiger partial charge in [-0.3, -0.25) is 19.6 Å². The zero-order chi connectivity index (χ0) is 19.6. The van der Waals surface area contributed by atoms with Crippen LogP contribution in [0.15, 0.2) is 48.5 Å². The van der Waals surface area contributed by atoms with Gasteiger partial charge in [-0.25, -0.2) is 4.39 Å². The number of benzene rings is 2. The Bertz CT molecular complexity index is 1010. The first kappa shape index (κ1) is 18.5. The van der Waals surface area contributed by atoms with Crippen molar-refractivity contribution in [1.29, 1.82) is 0 Å². The van der Waals surface area contributed by atoms with Crippen LogP contribution in [0.1, 0.15) is 21.6 Å². The molecule has 1 amide bonds. The topological polar surface area (TPSA) is 90.1 Å². The molecule has 3 aromatic rings. The lowest BCUT2D eigenvalue weighted by Crippen LogP contribution is -2.13. The molecule has 1 heterocycles. The molecule has 0 spiro atoms. The lowest BCUT2D eigenvalue weighted by atomic mass is 10.2. The number of nitrogens with one attached hydrogen (secondary N) is 1. The van der Waals surface area contributed by atoms with Crippen molar-refractivity contribution < 1.29 is 14.1 Å². The number of nitro benzene ring substituents is 1. The predicted octanol–water partition coefficient (Wildman–Crippen LogP) is 4.19. The minimum atomic E-state index is -0.576. The molecule has 1 N–H and O–H groups in total. The molecule has 0 aliphatic rings. The van der Waals surface area contributed by atoms with Crippen molar-refractivity contribution in [1.82, 2.24) is 9.78 Å². The zero-order valence-corrected chi connectivity index (χ0v) is 14.9. The van der Waals surface area contributed by atoms with E-state index in [9.17, 15) is 19.3 Å². The molecule has 0 atom stereocenters. The minimum Gasteiger partial charge on any atom is -0.305 e. The van der Waals surface area contributed by atoms with Crippen molar-refractivity contribution in [3.8, 4) is 0 Å². The van der Waals surface area contributed by atoms with Gasteiger partial charge >= 0.3 is 0 Å². The van der Waals surface area contributed by atoms with Crippen LogP contribution in [-0.2, 0) is 6.54 Å². The van der Waals surface area contributed by atoms with Crippen LogP contribution < -0.4 is 5.32 Å². The minimum absolute atomic E-state index is 0.101. The number of rotatable bonds is 5. The summed E-state index contributed by atoms with van der Waals surface area (Å²) in [5.41, 5.74) is 0.928. The maximum absolute atomic E-state index is 14.0. The highest BCUT2D eigenvalue weighted by Gasteiger charge is 2.15. The van der Waals surface area contributed by atoms with Gasteiger partial charge < -0.3 is 5.32 Å². The molecule has 2 aromatic carbocycles. The maximum Gasteiger partial charge on any atom is 0.270 e. The third kappa shape index (κ3) is 4.12. The number of non-ortho nitro benzene ring substituents is 1. The van der Waals surface area contributed by atoms with Crippen molar-refractivity contribution in [2.75, 3.05) is 5.32 Å². The Morgan fingerprint density at radius 1 is 1.30 bits per heavy atom. The van der Waals surface area contributed by atoms with E-state index in [-0.39, 0.29) is 28.6 Å². The molecule has 7 nitrogen and oxygen atoms in total. The summed E-state index contributed by atoms with van der Waals surface area (Å²) in [6, 6.07) is 11.4. The molecule has 27 heavy (non-hydrogen) atoms. The zero-order valence-electron chi connectivity index (χ0n) is 14.1. The summed E-state index contributed by atoms with van der Waals surface area (Å²) in [7, 11) is 0. The van der Waals surface area contributed by atoms with E-state index < -0.39 is 16.6 Å². The second-order valence-corrected chi connectivity index (χ2v) is 6.20. The Morgan fingerprint density at radius 3 is 2.74 bits per heavy atom. The van der Waals surface area contributed by atoms with Crippen LogP contribution in [0.3, 0.4) is 0 Å². The summed E-state index contributed by atoms with van der Waals surface area (Å²) in [6.45, 7) is 1.86. The number of nitro groups is 1. The molecule has 0 saturated heterocycles. The Labute approximate surface area is 158 Å². The van der Waals surface area contributed by atoms with Gasteiger partial charge in [0.1, 0.15) is 5.82 Å². The first-order chi connectivity index (χ1) is 12.8. The molecule has 0 saturated carbocycles. The van der Waals surface area contributed by atoms with E-state index in [1.165, 1.54) is 41.1 Å². The van der Waals surface area contributed by atoms with Crippen LogP contribution >= 0.6 is 11.6 Å². The molecule has 0 radical (unpaired) electrons. The van der Waals surface area contributed by atoms with E-state index in [0.29, 0.717) is 11.3 Å². The standard InChI is InChI=1S/C18H14ClFN4O3/c1-11-8-17(21-18(25)12-4-2-5-13(9-12)24(26)27)22-23(11)10-14-15(19)6-3-7-16(14)20/h2-9H,10H2,1H3,(H,21,22,25). The van der Waals surface area contributed by atoms with E-state index in [0.717, 1.165) is 0 Å². The number of anilines is 1. The van der Waals surface area contributed by atoms with Crippen LogP contribution in [0.5, 0.6) is 0 Å². The molecular formula is C18H14ClFN4O3. The lowest BCUT2D eigenvalue weighted by Gasteiger charge is -2.07. The average molecular weight is 389 g/mol. The van der Waals surface area contributed by atoms with Crippen molar-refractivity contribution in [2.24, 2.45) is 0 Å². The second-order valence-electron chi connectivity index (χ2n) is 5.79. The van der Waals surface area contributed by atoms with Crippen LogP contribution in [0.25, 0.3) is 0 Å². The van der Waals surface area contributed by atoms with Gasteiger partial charge in [-0.2, -0.15) is 5.10 Å². The highest BCUT2D eigenvalue weighted by Crippen LogP contribution is 2.21. The van der Waals surface area contributed by atoms with E-state index >= 15 is 0 Å². The predicted molar refractivity (Wildman–Crippen MR) is 98.5 cm³/mol. The Morgan fingerprint density at radius 2 is 2.04 bits per heavy atom. The quantitative estimate of drug-likeness (QED) is 0.524. The van der Waals surface area contributed by atoms with Gasteiger partial charge in [0.05, 0.1) is 11.5 Å². The molecule has 0 fully saturated rings. The second kappa shape index (κ2) is 7.55. The normalized spacial score (nSPS) is 10.6. The first-order valence-corrected chi connectivity index (χ1v) is 8.26. The fraction of sp³-hybridized carbons (Fsp3) is 0.111. The maximum atomic E-state index is 14.0. The summed E-state index contributed by atoms with van der Waals surface area (Å²) in [5.74, 6) is -0.733. The first-order valence-electron chi connectivity index (χ1n) is 7.88. The number of carbonyl (C=O) groups is 1. The lowest BCUT2D eigenvalue weighted by molar-refractivity contribution is -0.384. The largest absolute Gasteiger partial charge is 0.305 e. The number of amides is 1. The Balaban J connectivity index is 1.79. The number of carbonyl (C=O) groups excluding carboxylic acids is 1. The number of hydrogen-bond donors (Lipinski definition) is 1. The van der Waals surface area contributed by atoms with Crippen LogP contribution in [-0.4, -0.2) is 20.6 Å². The van der Waals surface area contributed by atoms with Crippen LogP contribution in [0, 0.1) is 22.9 Å². The van der Waals surface area contributed by atoms with Gasteiger partial charge in [0.15, 0.2) is 5.82 Å². The summed E-state index contributed by atoms with van der Waals surface area (Å²) in [5, 5.41) is 17.9. The van der Waals surface area contributed by atoms with Crippen molar-refractivity contribution in [2.45, 2.75) is 13.5 Å². The monoisotopic (exact) mass is 388 g/mol. The molecular weight excluding hydrogens is 375 g/mol. The van der Waals surface area contributed by atoms with Gasteiger partial charge in [0, 0.05) is 40.0 Å². The number of halogens is 2. The smallest absolute Gasteiger partial charge is 0.270 e. The fourth-order valence-corrected chi connectivity index (χ4v) is 2.74. The Kier molecular flexibility index (Phi) is 5.18. The van der Waals surface area contributed by atoms with Gasteiger partial charge in [0.25, 0.3) is 11.6 Å². The highest BCUT2D eigenvalue weighted by atomic mass is 35.5. The third-order valence-electron chi connectivity index (χ3n) is 3.91. The summed E-state index contributed by atoms with van der Waals surface area (Å²) >= 11 is 6.04. The van der Waals surface area contributed by atoms with E-state index in [4.69, 9.17) is 11.6 Å². The third-order valence-corrected chi connectivity index (χ3v) is 4.27. The fourth-order valence-electron chi connectivity index (χ4n) is 2.51. The Hall–Kier alpha value is -3.26.